The van der Waals surface area contributed by atoms with Crippen LogP contribution in [0.5, 0.6) is 0 Å². The van der Waals surface area contributed by atoms with Crippen molar-refractivity contribution < 1.29 is 8.91 Å². The van der Waals surface area contributed by atoms with E-state index in [9.17, 15) is 4.39 Å². The van der Waals surface area contributed by atoms with E-state index in [1.165, 1.54) is 12.1 Å². The SMILES string of the molecule is Fc1cccc(Cc2noc(C3CCNCC3)n2)c1. The Morgan fingerprint density at radius 3 is 2.95 bits per heavy atom. The van der Waals surface area contributed by atoms with E-state index in [-0.39, 0.29) is 5.82 Å². The molecule has 2 aromatic rings. The van der Waals surface area contributed by atoms with E-state index in [1.807, 2.05) is 6.07 Å². The Balaban J connectivity index is 1.70. The van der Waals surface area contributed by atoms with Gasteiger partial charge in [0, 0.05) is 12.3 Å². The molecule has 0 aliphatic carbocycles. The molecule has 4 nitrogen and oxygen atoms in total. The Hall–Kier alpha value is -1.75. The van der Waals surface area contributed by atoms with Crippen molar-refractivity contribution in [2.24, 2.45) is 0 Å². The van der Waals surface area contributed by atoms with Gasteiger partial charge in [0.05, 0.1) is 0 Å². The minimum atomic E-state index is -0.237. The van der Waals surface area contributed by atoms with Crippen LogP contribution < -0.4 is 5.32 Å². The quantitative estimate of drug-likeness (QED) is 0.920. The lowest BCUT2D eigenvalue weighted by atomic mass is 9.98. The van der Waals surface area contributed by atoms with Gasteiger partial charge in [-0.1, -0.05) is 17.3 Å². The molecule has 3 rings (SSSR count). The second-order valence-corrected chi connectivity index (χ2v) is 4.88. The molecule has 1 N–H and O–H groups in total. The summed E-state index contributed by atoms with van der Waals surface area (Å²) < 4.78 is 18.4. The van der Waals surface area contributed by atoms with Gasteiger partial charge in [-0.15, -0.1) is 0 Å². The molecule has 0 radical (unpaired) electrons. The molecular weight excluding hydrogens is 245 g/mol. The summed E-state index contributed by atoms with van der Waals surface area (Å²) in [6.07, 6.45) is 2.56. The van der Waals surface area contributed by atoms with Crippen molar-refractivity contribution in [1.29, 1.82) is 0 Å². The van der Waals surface area contributed by atoms with Gasteiger partial charge >= 0.3 is 0 Å². The monoisotopic (exact) mass is 261 g/mol. The van der Waals surface area contributed by atoms with Gasteiger partial charge in [-0.2, -0.15) is 4.98 Å². The Kier molecular flexibility index (Phi) is 3.55. The van der Waals surface area contributed by atoms with Crippen LogP contribution in [-0.2, 0) is 6.42 Å². The standard InChI is InChI=1S/C14H16FN3O/c15-12-3-1-2-10(8-12)9-13-17-14(19-18-13)11-4-6-16-7-5-11/h1-3,8,11,16H,4-7,9H2. The van der Waals surface area contributed by atoms with E-state index >= 15 is 0 Å². The molecule has 1 aliphatic heterocycles. The first-order chi connectivity index (χ1) is 9.31. The molecule has 1 aliphatic rings. The predicted molar refractivity (Wildman–Crippen MR) is 68.3 cm³/mol. The highest BCUT2D eigenvalue weighted by Crippen LogP contribution is 2.23. The molecule has 1 aromatic carbocycles. The van der Waals surface area contributed by atoms with Crippen LogP contribution in [0.1, 0.15) is 36.0 Å². The van der Waals surface area contributed by atoms with E-state index in [2.05, 4.69) is 15.5 Å². The number of hydrogen-bond donors (Lipinski definition) is 1. The van der Waals surface area contributed by atoms with Crippen molar-refractivity contribution >= 4 is 0 Å². The van der Waals surface area contributed by atoms with Crippen LogP contribution in [0.2, 0.25) is 0 Å². The molecule has 0 amide bonds. The van der Waals surface area contributed by atoms with Gasteiger partial charge < -0.3 is 9.84 Å². The summed E-state index contributed by atoms with van der Waals surface area (Å²) in [6.45, 7) is 1.98. The third kappa shape index (κ3) is 2.98. The van der Waals surface area contributed by atoms with E-state index in [4.69, 9.17) is 4.52 Å². The fraction of sp³-hybridized carbons (Fsp3) is 0.429. The van der Waals surface area contributed by atoms with Crippen molar-refractivity contribution in [3.63, 3.8) is 0 Å². The van der Waals surface area contributed by atoms with Gasteiger partial charge in [-0.3, -0.25) is 0 Å². The van der Waals surface area contributed by atoms with Gasteiger partial charge in [0.25, 0.3) is 0 Å². The summed E-state index contributed by atoms with van der Waals surface area (Å²) in [5, 5.41) is 7.29. The Labute approximate surface area is 111 Å². The lowest BCUT2D eigenvalue weighted by Crippen LogP contribution is -2.26. The van der Waals surface area contributed by atoms with E-state index in [1.54, 1.807) is 6.07 Å². The zero-order valence-corrected chi connectivity index (χ0v) is 10.6. The van der Waals surface area contributed by atoms with Crippen LogP contribution in [0.3, 0.4) is 0 Å². The fourth-order valence-corrected chi connectivity index (χ4v) is 2.40. The highest BCUT2D eigenvalue weighted by atomic mass is 19.1. The minimum absolute atomic E-state index is 0.237. The summed E-state index contributed by atoms with van der Waals surface area (Å²) >= 11 is 0. The number of aromatic nitrogens is 2. The zero-order valence-electron chi connectivity index (χ0n) is 10.6. The number of benzene rings is 1. The van der Waals surface area contributed by atoms with Crippen LogP contribution in [0, 0.1) is 5.82 Å². The molecule has 19 heavy (non-hydrogen) atoms. The molecule has 0 unspecified atom stereocenters. The molecular formula is C14H16FN3O. The highest BCUT2D eigenvalue weighted by molar-refractivity contribution is 5.19. The van der Waals surface area contributed by atoms with E-state index < -0.39 is 0 Å². The summed E-state index contributed by atoms with van der Waals surface area (Å²) in [7, 11) is 0. The molecule has 1 aromatic heterocycles. The Morgan fingerprint density at radius 2 is 2.16 bits per heavy atom. The maximum absolute atomic E-state index is 13.1. The molecule has 1 fully saturated rings. The van der Waals surface area contributed by atoms with Gasteiger partial charge in [0.2, 0.25) is 5.89 Å². The van der Waals surface area contributed by atoms with Gasteiger partial charge in [0.15, 0.2) is 5.82 Å². The topological polar surface area (TPSA) is 51.0 Å². The number of nitrogens with zero attached hydrogens (tertiary/aromatic N) is 2. The molecule has 0 bridgehead atoms. The van der Waals surface area contributed by atoms with Crippen LogP contribution in [0.25, 0.3) is 0 Å². The van der Waals surface area contributed by atoms with Crippen molar-refractivity contribution in [2.75, 3.05) is 13.1 Å². The molecule has 0 spiro atoms. The average Bonchev–Trinajstić information content (AvgIpc) is 2.88. The van der Waals surface area contributed by atoms with Gasteiger partial charge in [-0.05, 0) is 43.6 Å². The number of halogens is 1. The Bertz CT molecular complexity index is 549. The number of piperidine rings is 1. The Morgan fingerprint density at radius 1 is 1.32 bits per heavy atom. The van der Waals surface area contributed by atoms with Crippen molar-refractivity contribution in [3.05, 3.63) is 47.4 Å². The normalized spacial score (nSPS) is 16.7. The smallest absolute Gasteiger partial charge is 0.229 e. The third-order valence-electron chi connectivity index (χ3n) is 3.42. The highest BCUT2D eigenvalue weighted by Gasteiger charge is 2.21. The maximum atomic E-state index is 13.1. The largest absolute Gasteiger partial charge is 0.339 e. The third-order valence-corrected chi connectivity index (χ3v) is 3.42. The number of rotatable bonds is 3. The fourth-order valence-electron chi connectivity index (χ4n) is 2.40. The van der Waals surface area contributed by atoms with Crippen molar-refractivity contribution in [2.45, 2.75) is 25.2 Å². The molecule has 0 saturated carbocycles. The van der Waals surface area contributed by atoms with Crippen LogP contribution in [0.15, 0.2) is 28.8 Å². The first-order valence-corrected chi connectivity index (χ1v) is 6.59. The first kappa shape index (κ1) is 12.3. The van der Waals surface area contributed by atoms with Crippen LogP contribution in [-0.4, -0.2) is 23.2 Å². The summed E-state index contributed by atoms with van der Waals surface area (Å²) in [6, 6.07) is 6.49. The average molecular weight is 261 g/mol. The second kappa shape index (κ2) is 5.48. The molecule has 5 heteroatoms. The van der Waals surface area contributed by atoms with E-state index in [0.717, 1.165) is 31.5 Å². The summed E-state index contributed by atoms with van der Waals surface area (Å²) in [5.41, 5.74) is 0.859. The maximum Gasteiger partial charge on any atom is 0.229 e. The van der Waals surface area contributed by atoms with Gasteiger partial charge in [-0.25, -0.2) is 4.39 Å². The van der Waals surface area contributed by atoms with Crippen LogP contribution >= 0.6 is 0 Å². The second-order valence-electron chi connectivity index (χ2n) is 4.88. The summed E-state index contributed by atoms with van der Waals surface area (Å²) in [4.78, 5) is 4.43. The molecule has 1 saturated heterocycles. The molecule has 0 atom stereocenters. The lowest BCUT2D eigenvalue weighted by molar-refractivity contribution is 0.318. The number of nitrogens with one attached hydrogen (secondary N) is 1. The lowest BCUT2D eigenvalue weighted by Gasteiger charge is -2.18. The van der Waals surface area contributed by atoms with Gasteiger partial charge in [0.1, 0.15) is 5.82 Å². The van der Waals surface area contributed by atoms with E-state index in [0.29, 0.717) is 24.1 Å². The minimum Gasteiger partial charge on any atom is -0.339 e. The number of hydrogen-bond acceptors (Lipinski definition) is 4. The first-order valence-electron chi connectivity index (χ1n) is 6.59. The van der Waals surface area contributed by atoms with Crippen molar-refractivity contribution in [3.8, 4) is 0 Å². The van der Waals surface area contributed by atoms with Crippen molar-refractivity contribution in [1.82, 2.24) is 15.5 Å². The predicted octanol–water partition coefficient (Wildman–Crippen LogP) is 2.27. The van der Waals surface area contributed by atoms with Crippen LogP contribution in [0.4, 0.5) is 4.39 Å². The zero-order chi connectivity index (χ0) is 13.1. The summed E-state index contributed by atoms with van der Waals surface area (Å²) in [5.74, 6) is 1.46. The molecule has 2 heterocycles. The molecule has 100 valence electrons.